The lowest BCUT2D eigenvalue weighted by Gasteiger charge is -2.29. The highest BCUT2D eigenvalue weighted by Gasteiger charge is 2.21. The lowest BCUT2D eigenvalue weighted by molar-refractivity contribution is 0.244. The number of fused-ring (bicyclic) bond motifs is 2. The zero-order valence-electron chi connectivity index (χ0n) is 17.4. The van der Waals surface area contributed by atoms with Crippen molar-refractivity contribution in [1.82, 2.24) is 29.5 Å². The first-order chi connectivity index (χ1) is 15.2. The lowest BCUT2D eigenvalue weighted by atomic mass is 9.98. The molecule has 4 heterocycles. The minimum Gasteiger partial charge on any atom is -0.493 e. The Hall–Kier alpha value is -3.72. The molecule has 0 saturated heterocycles. The number of anilines is 1. The Morgan fingerprint density at radius 1 is 1.10 bits per heavy atom. The highest BCUT2D eigenvalue weighted by molar-refractivity contribution is 5.60. The summed E-state index contributed by atoms with van der Waals surface area (Å²) in [7, 11) is 3.32. The Morgan fingerprint density at radius 3 is 2.65 bits per heavy atom. The third kappa shape index (κ3) is 3.53. The predicted molar refractivity (Wildman–Crippen MR) is 116 cm³/mol. The van der Waals surface area contributed by atoms with Crippen molar-refractivity contribution in [1.29, 1.82) is 0 Å². The molecular weight excluding hydrogens is 394 g/mol. The van der Waals surface area contributed by atoms with E-state index >= 15 is 0 Å². The third-order valence-corrected chi connectivity index (χ3v) is 5.57. The standard InChI is InChI=1S/C22H23N7O2/c1-30-18-8-14-5-7-28(12-16(14)9-19(18)31-2)13-17-11-25-22(23)29-21(17)26-20(27-29)15-4-3-6-24-10-15/h3-4,6,8-11H,5,7,12-13H2,1-2H3,(H2,23,25). The van der Waals surface area contributed by atoms with E-state index < -0.39 is 0 Å². The molecule has 0 aliphatic carbocycles. The van der Waals surface area contributed by atoms with Crippen molar-refractivity contribution < 1.29 is 9.47 Å². The molecule has 158 valence electrons. The van der Waals surface area contributed by atoms with Crippen LogP contribution in [0.2, 0.25) is 0 Å². The van der Waals surface area contributed by atoms with Gasteiger partial charge in [0.05, 0.1) is 14.2 Å². The molecule has 2 N–H and O–H groups in total. The molecule has 9 heteroatoms. The molecule has 9 nitrogen and oxygen atoms in total. The number of benzene rings is 1. The van der Waals surface area contributed by atoms with Gasteiger partial charge < -0.3 is 15.2 Å². The second kappa shape index (κ2) is 7.84. The smallest absolute Gasteiger partial charge is 0.223 e. The van der Waals surface area contributed by atoms with E-state index in [9.17, 15) is 0 Å². The first-order valence-corrected chi connectivity index (χ1v) is 10.0. The van der Waals surface area contributed by atoms with Crippen LogP contribution in [0.25, 0.3) is 17.0 Å². The van der Waals surface area contributed by atoms with Crippen LogP contribution in [0.1, 0.15) is 16.7 Å². The summed E-state index contributed by atoms with van der Waals surface area (Å²) in [4.78, 5) is 15.6. The number of aromatic nitrogens is 5. The van der Waals surface area contributed by atoms with Crippen LogP contribution < -0.4 is 15.2 Å². The molecule has 1 aliphatic heterocycles. The van der Waals surface area contributed by atoms with Gasteiger partial charge in [-0.05, 0) is 41.8 Å². The van der Waals surface area contributed by atoms with Gasteiger partial charge in [0.2, 0.25) is 5.95 Å². The molecular formula is C22H23N7O2. The van der Waals surface area contributed by atoms with E-state index in [2.05, 4.69) is 32.1 Å². The molecule has 5 rings (SSSR count). The largest absolute Gasteiger partial charge is 0.493 e. The Kier molecular flexibility index (Phi) is 4.87. The summed E-state index contributed by atoms with van der Waals surface area (Å²) in [5.41, 5.74) is 11.1. The first-order valence-electron chi connectivity index (χ1n) is 10.0. The van der Waals surface area contributed by atoms with E-state index in [0.29, 0.717) is 24.0 Å². The molecule has 0 amide bonds. The fourth-order valence-electron chi connectivity index (χ4n) is 3.98. The maximum atomic E-state index is 6.07. The number of nitrogen functional groups attached to an aromatic ring is 1. The Bertz CT molecular complexity index is 1240. The minimum absolute atomic E-state index is 0.308. The molecule has 0 atom stereocenters. The molecule has 0 radical (unpaired) electrons. The van der Waals surface area contributed by atoms with E-state index in [4.69, 9.17) is 20.2 Å². The SMILES string of the molecule is COc1cc2c(cc1OC)CN(Cc1cnc(N)n3nc(-c4cccnc4)nc13)CC2. The summed E-state index contributed by atoms with van der Waals surface area (Å²) < 4.78 is 12.5. The number of pyridine rings is 1. The van der Waals surface area contributed by atoms with E-state index in [1.54, 1.807) is 37.3 Å². The second-order valence-corrected chi connectivity index (χ2v) is 7.49. The third-order valence-electron chi connectivity index (χ3n) is 5.57. The lowest BCUT2D eigenvalue weighted by Crippen LogP contribution is -2.30. The fraction of sp³-hybridized carbons (Fsp3) is 0.273. The van der Waals surface area contributed by atoms with Gasteiger partial charge >= 0.3 is 0 Å². The van der Waals surface area contributed by atoms with Crippen molar-refractivity contribution in [3.05, 3.63) is 59.5 Å². The minimum atomic E-state index is 0.308. The number of ether oxygens (including phenoxy) is 2. The van der Waals surface area contributed by atoms with Gasteiger partial charge in [-0.3, -0.25) is 9.88 Å². The maximum absolute atomic E-state index is 6.07. The van der Waals surface area contributed by atoms with Gasteiger partial charge in [-0.25, -0.2) is 9.97 Å². The number of nitrogens with zero attached hydrogens (tertiary/aromatic N) is 6. The van der Waals surface area contributed by atoms with Crippen LogP contribution >= 0.6 is 0 Å². The van der Waals surface area contributed by atoms with Gasteiger partial charge in [-0.2, -0.15) is 4.52 Å². The topological polar surface area (TPSA) is 104 Å². The second-order valence-electron chi connectivity index (χ2n) is 7.49. The summed E-state index contributed by atoms with van der Waals surface area (Å²) >= 11 is 0. The predicted octanol–water partition coefficient (Wildman–Crippen LogP) is 2.34. The van der Waals surface area contributed by atoms with Gasteiger partial charge in [-0.15, -0.1) is 5.10 Å². The molecule has 31 heavy (non-hydrogen) atoms. The van der Waals surface area contributed by atoms with Gasteiger partial charge in [0.15, 0.2) is 23.0 Å². The molecule has 0 spiro atoms. The van der Waals surface area contributed by atoms with E-state index in [-0.39, 0.29) is 0 Å². The quantitative estimate of drug-likeness (QED) is 0.528. The van der Waals surface area contributed by atoms with Crippen LogP contribution in [0, 0.1) is 0 Å². The van der Waals surface area contributed by atoms with Crippen molar-refractivity contribution in [3.63, 3.8) is 0 Å². The Labute approximate surface area is 179 Å². The van der Waals surface area contributed by atoms with Crippen LogP contribution in [0.4, 0.5) is 5.95 Å². The maximum Gasteiger partial charge on any atom is 0.223 e. The van der Waals surface area contributed by atoms with Crippen molar-refractivity contribution in [3.8, 4) is 22.9 Å². The molecule has 1 aliphatic rings. The molecule has 0 fully saturated rings. The Balaban J connectivity index is 1.45. The molecule has 1 aromatic carbocycles. The van der Waals surface area contributed by atoms with Crippen molar-refractivity contribution in [2.24, 2.45) is 0 Å². The van der Waals surface area contributed by atoms with Crippen LogP contribution in [-0.4, -0.2) is 50.2 Å². The summed E-state index contributed by atoms with van der Waals surface area (Å²) in [6.45, 7) is 2.41. The molecule has 3 aromatic heterocycles. The van der Waals surface area contributed by atoms with E-state index in [1.807, 2.05) is 12.1 Å². The molecule has 0 unspecified atom stereocenters. The fourth-order valence-corrected chi connectivity index (χ4v) is 3.98. The number of rotatable bonds is 5. The highest BCUT2D eigenvalue weighted by Crippen LogP contribution is 2.33. The molecule has 4 aromatic rings. The van der Waals surface area contributed by atoms with Crippen LogP contribution in [0.15, 0.2) is 42.9 Å². The van der Waals surface area contributed by atoms with Crippen molar-refractivity contribution in [2.45, 2.75) is 19.5 Å². The number of methoxy groups -OCH3 is 2. The van der Waals surface area contributed by atoms with Gasteiger partial charge in [-0.1, -0.05) is 0 Å². The van der Waals surface area contributed by atoms with Gasteiger partial charge in [0, 0.05) is 49.4 Å². The summed E-state index contributed by atoms with van der Waals surface area (Å²) in [5, 5.41) is 4.54. The number of nitrogens with two attached hydrogens (primary N) is 1. The summed E-state index contributed by atoms with van der Waals surface area (Å²) in [6, 6.07) is 7.92. The zero-order chi connectivity index (χ0) is 21.4. The normalized spacial score (nSPS) is 13.9. The first kappa shape index (κ1) is 19.3. The van der Waals surface area contributed by atoms with Crippen LogP contribution in [0.5, 0.6) is 11.5 Å². The zero-order valence-corrected chi connectivity index (χ0v) is 17.4. The van der Waals surface area contributed by atoms with E-state index in [0.717, 1.165) is 42.1 Å². The summed E-state index contributed by atoms with van der Waals surface area (Å²) in [5.74, 6) is 2.40. The monoisotopic (exact) mass is 417 g/mol. The van der Waals surface area contributed by atoms with Crippen molar-refractivity contribution in [2.75, 3.05) is 26.5 Å². The molecule has 0 bridgehead atoms. The van der Waals surface area contributed by atoms with E-state index in [1.165, 1.54) is 11.1 Å². The van der Waals surface area contributed by atoms with Crippen LogP contribution in [0.3, 0.4) is 0 Å². The summed E-state index contributed by atoms with van der Waals surface area (Å²) in [6.07, 6.45) is 6.18. The van der Waals surface area contributed by atoms with Gasteiger partial charge in [0.25, 0.3) is 0 Å². The van der Waals surface area contributed by atoms with Crippen molar-refractivity contribution >= 4 is 11.6 Å². The number of hydrogen-bond acceptors (Lipinski definition) is 8. The van der Waals surface area contributed by atoms with Crippen LogP contribution in [-0.2, 0) is 19.5 Å². The highest BCUT2D eigenvalue weighted by atomic mass is 16.5. The average Bonchev–Trinajstić information content (AvgIpc) is 3.27. The average molecular weight is 417 g/mol. The number of hydrogen-bond donors (Lipinski definition) is 1. The van der Waals surface area contributed by atoms with Gasteiger partial charge in [0.1, 0.15) is 0 Å². The Morgan fingerprint density at radius 2 is 1.90 bits per heavy atom. The molecule has 0 saturated carbocycles.